The molecule has 5 nitrogen and oxygen atoms in total. The quantitative estimate of drug-likeness (QED) is 0.570. The minimum Gasteiger partial charge on any atom is -0.357 e. The molecule has 2 rings (SSSR count). The van der Waals surface area contributed by atoms with Crippen LogP contribution in [0.1, 0.15) is 43.7 Å². The van der Waals surface area contributed by atoms with Crippen LogP contribution in [0.2, 0.25) is 0 Å². The molecule has 1 aliphatic rings. The smallest absolute Gasteiger partial charge is 0.357 e. The van der Waals surface area contributed by atoms with Crippen molar-refractivity contribution in [2.45, 2.75) is 45.3 Å². The molecule has 1 aliphatic carbocycles. The van der Waals surface area contributed by atoms with Crippen molar-refractivity contribution in [3.63, 3.8) is 0 Å². The number of aliphatic imine (C=N–C) groups is 1. The van der Waals surface area contributed by atoms with Crippen molar-refractivity contribution in [2.24, 2.45) is 10.4 Å². The molecule has 28 heavy (non-hydrogen) atoms. The monoisotopic (exact) mass is 398 g/mol. The van der Waals surface area contributed by atoms with Gasteiger partial charge in [0.05, 0.1) is 17.5 Å². The normalized spacial score (nSPS) is 16.7. The lowest BCUT2D eigenvalue weighted by Crippen LogP contribution is -2.49. The van der Waals surface area contributed by atoms with Crippen LogP contribution < -0.4 is 10.6 Å². The zero-order valence-corrected chi connectivity index (χ0v) is 16.7. The number of alkyl halides is 3. The number of amides is 1. The summed E-state index contributed by atoms with van der Waals surface area (Å²) in [6.07, 6.45) is -0.599. The van der Waals surface area contributed by atoms with Gasteiger partial charge in [0, 0.05) is 27.2 Å². The molecule has 0 heterocycles. The van der Waals surface area contributed by atoms with Gasteiger partial charge in [0.25, 0.3) is 0 Å². The van der Waals surface area contributed by atoms with Gasteiger partial charge in [-0.15, -0.1) is 0 Å². The molecule has 0 unspecified atom stereocenters. The maximum Gasteiger partial charge on any atom is 0.416 e. The van der Waals surface area contributed by atoms with E-state index in [1.54, 1.807) is 19.0 Å². The highest BCUT2D eigenvalue weighted by molar-refractivity contribution is 5.85. The van der Waals surface area contributed by atoms with E-state index in [9.17, 15) is 18.0 Å². The summed E-state index contributed by atoms with van der Waals surface area (Å²) in [6.45, 7) is 3.32. The number of rotatable bonds is 6. The Hall–Kier alpha value is -2.25. The number of benzene rings is 1. The molecule has 2 N–H and O–H groups in total. The van der Waals surface area contributed by atoms with E-state index >= 15 is 0 Å². The third kappa shape index (κ3) is 5.62. The van der Waals surface area contributed by atoms with E-state index in [1.807, 2.05) is 6.92 Å². The highest BCUT2D eigenvalue weighted by Gasteiger charge is 2.42. The van der Waals surface area contributed by atoms with Gasteiger partial charge < -0.3 is 15.5 Å². The van der Waals surface area contributed by atoms with Gasteiger partial charge in [0.15, 0.2) is 5.96 Å². The number of nitrogens with one attached hydrogen (secondary N) is 2. The van der Waals surface area contributed by atoms with E-state index in [2.05, 4.69) is 15.6 Å². The standard InChI is InChI=1S/C20H29F3N4O/c1-4-24-18(25-13-15-7-9-16(10-8-15)20(21,22)23)26-14-19(11-5-6-12-19)17(28)27(2)3/h7-10H,4-6,11-14H2,1-3H3,(H2,24,25,26). The van der Waals surface area contributed by atoms with Gasteiger partial charge in [0.1, 0.15) is 0 Å². The van der Waals surface area contributed by atoms with Crippen LogP contribution >= 0.6 is 0 Å². The summed E-state index contributed by atoms with van der Waals surface area (Å²) in [4.78, 5) is 18.8. The van der Waals surface area contributed by atoms with E-state index < -0.39 is 17.2 Å². The first kappa shape index (κ1) is 22.0. The van der Waals surface area contributed by atoms with Crippen LogP contribution in [0.15, 0.2) is 29.3 Å². The average Bonchev–Trinajstić information content (AvgIpc) is 3.13. The SMILES string of the molecule is CCNC(=NCc1ccc(C(F)(F)F)cc1)NCC1(C(=O)N(C)C)CCCC1. The zero-order chi connectivity index (χ0) is 20.8. The highest BCUT2D eigenvalue weighted by Crippen LogP contribution is 2.38. The lowest BCUT2D eigenvalue weighted by Gasteiger charge is -2.31. The Morgan fingerprint density at radius 1 is 1.14 bits per heavy atom. The molecule has 0 bridgehead atoms. The fourth-order valence-electron chi connectivity index (χ4n) is 3.56. The summed E-state index contributed by atoms with van der Waals surface area (Å²) in [5.74, 6) is 0.677. The third-order valence-corrected chi connectivity index (χ3v) is 5.06. The van der Waals surface area contributed by atoms with E-state index in [-0.39, 0.29) is 12.5 Å². The molecule has 0 atom stereocenters. The topological polar surface area (TPSA) is 56.7 Å². The number of halogens is 3. The largest absolute Gasteiger partial charge is 0.416 e. The first-order chi connectivity index (χ1) is 13.2. The minimum atomic E-state index is -4.34. The van der Waals surface area contributed by atoms with Crippen LogP contribution in [0.4, 0.5) is 13.2 Å². The summed E-state index contributed by atoms with van der Waals surface area (Å²) < 4.78 is 38.0. The van der Waals surface area contributed by atoms with Crippen molar-refractivity contribution >= 4 is 11.9 Å². The third-order valence-electron chi connectivity index (χ3n) is 5.06. The first-order valence-electron chi connectivity index (χ1n) is 9.58. The second kappa shape index (κ2) is 9.30. The Labute approximate surface area is 164 Å². The fraction of sp³-hybridized carbons (Fsp3) is 0.600. The number of carbonyl (C=O) groups excluding carboxylic acids is 1. The van der Waals surface area contributed by atoms with E-state index in [4.69, 9.17) is 0 Å². The molecular weight excluding hydrogens is 369 g/mol. The molecule has 1 aromatic carbocycles. The van der Waals surface area contributed by atoms with Crippen LogP contribution in [0.5, 0.6) is 0 Å². The van der Waals surface area contributed by atoms with Crippen LogP contribution in [0.25, 0.3) is 0 Å². The van der Waals surface area contributed by atoms with E-state index in [1.165, 1.54) is 12.1 Å². The first-order valence-corrected chi connectivity index (χ1v) is 9.58. The zero-order valence-electron chi connectivity index (χ0n) is 16.7. The highest BCUT2D eigenvalue weighted by atomic mass is 19.4. The predicted molar refractivity (Wildman–Crippen MR) is 104 cm³/mol. The molecule has 0 spiro atoms. The maximum absolute atomic E-state index is 12.7. The van der Waals surface area contributed by atoms with Crippen molar-refractivity contribution in [3.05, 3.63) is 35.4 Å². The summed E-state index contributed by atoms with van der Waals surface area (Å²) in [5.41, 5.74) is -0.408. The number of carbonyl (C=O) groups is 1. The molecule has 1 fully saturated rings. The lowest BCUT2D eigenvalue weighted by atomic mass is 9.84. The molecule has 1 aromatic rings. The molecular formula is C20H29F3N4O. The van der Waals surface area contributed by atoms with Gasteiger partial charge >= 0.3 is 6.18 Å². The Morgan fingerprint density at radius 2 is 1.75 bits per heavy atom. The van der Waals surface area contributed by atoms with Gasteiger partial charge in [-0.3, -0.25) is 4.79 Å². The van der Waals surface area contributed by atoms with E-state index in [0.717, 1.165) is 37.8 Å². The van der Waals surface area contributed by atoms with Crippen LogP contribution in [-0.2, 0) is 17.5 Å². The van der Waals surface area contributed by atoms with Gasteiger partial charge in [-0.05, 0) is 37.5 Å². The Morgan fingerprint density at radius 3 is 2.25 bits per heavy atom. The molecule has 1 amide bonds. The van der Waals surface area contributed by atoms with Gasteiger partial charge in [0.2, 0.25) is 5.91 Å². The van der Waals surface area contributed by atoms with Crippen molar-refractivity contribution in [2.75, 3.05) is 27.2 Å². The van der Waals surface area contributed by atoms with Crippen molar-refractivity contribution in [3.8, 4) is 0 Å². The number of guanidine groups is 1. The Bertz CT molecular complexity index is 678. The van der Waals surface area contributed by atoms with Crippen molar-refractivity contribution in [1.29, 1.82) is 0 Å². The minimum absolute atomic E-state index is 0.121. The molecule has 1 saturated carbocycles. The average molecular weight is 398 g/mol. The molecule has 0 saturated heterocycles. The van der Waals surface area contributed by atoms with Crippen LogP contribution in [-0.4, -0.2) is 44.0 Å². The molecule has 0 aliphatic heterocycles. The number of hydrogen-bond donors (Lipinski definition) is 2. The molecule has 0 radical (unpaired) electrons. The van der Waals surface area contributed by atoms with Gasteiger partial charge in [-0.25, -0.2) is 4.99 Å². The maximum atomic E-state index is 12.7. The predicted octanol–water partition coefficient (Wildman–Crippen LogP) is 3.41. The van der Waals surface area contributed by atoms with Gasteiger partial charge in [-0.2, -0.15) is 13.2 Å². The number of nitrogens with zero attached hydrogens (tertiary/aromatic N) is 2. The second-order valence-corrected chi connectivity index (χ2v) is 7.43. The lowest BCUT2D eigenvalue weighted by molar-refractivity contribution is -0.139. The number of hydrogen-bond acceptors (Lipinski definition) is 2. The van der Waals surface area contributed by atoms with Crippen LogP contribution in [0, 0.1) is 5.41 Å². The van der Waals surface area contributed by atoms with Crippen LogP contribution in [0.3, 0.4) is 0 Å². The summed E-state index contributed by atoms with van der Waals surface area (Å²) >= 11 is 0. The van der Waals surface area contributed by atoms with Gasteiger partial charge in [-0.1, -0.05) is 25.0 Å². The Balaban J connectivity index is 2.04. The molecule has 0 aromatic heterocycles. The van der Waals surface area contributed by atoms with Crippen molar-refractivity contribution < 1.29 is 18.0 Å². The Kier molecular flexibility index (Phi) is 7.32. The summed E-state index contributed by atoms with van der Waals surface area (Å²) in [5, 5.41) is 6.39. The fourth-order valence-corrected chi connectivity index (χ4v) is 3.56. The summed E-state index contributed by atoms with van der Waals surface area (Å²) in [6, 6.07) is 5.00. The molecule has 8 heteroatoms. The van der Waals surface area contributed by atoms with Crippen molar-refractivity contribution in [1.82, 2.24) is 15.5 Å². The van der Waals surface area contributed by atoms with E-state index in [0.29, 0.717) is 24.6 Å². The molecule has 156 valence electrons. The second-order valence-electron chi connectivity index (χ2n) is 7.43. The summed E-state index contributed by atoms with van der Waals surface area (Å²) in [7, 11) is 3.54.